The van der Waals surface area contributed by atoms with Crippen molar-refractivity contribution in [3.8, 4) is 0 Å². The maximum absolute atomic E-state index is 12.7. The molecule has 6 nitrogen and oxygen atoms in total. The lowest BCUT2D eigenvalue weighted by Gasteiger charge is -2.40. The molecule has 27 heavy (non-hydrogen) atoms. The first-order chi connectivity index (χ1) is 12.6. The van der Waals surface area contributed by atoms with E-state index in [4.69, 9.17) is 16.6 Å². The molecule has 2 heterocycles. The molecule has 1 unspecified atom stereocenters. The van der Waals surface area contributed by atoms with Crippen LogP contribution in [0, 0.1) is 5.41 Å². The average Bonchev–Trinajstić information content (AvgIpc) is 2.63. The normalized spacial score (nSPS) is 17.3. The van der Waals surface area contributed by atoms with Crippen molar-refractivity contribution >= 4 is 28.4 Å². The van der Waals surface area contributed by atoms with Gasteiger partial charge in [0.05, 0.1) is 16.9 Å². The molecule has 1 amide bonds. The van der Waals surface area contributed by atoms with Crippen molar-refractivity contribution in [2.24, 2.45) is 12.5 Å². The van der Waals surface area contributed by atoms with Crippen molar-refractivity contribution in [2.75, 3.05) is 26.2 Å². The Bertz CT molecular complexity index is 924. The summed E-state index contributed by atoms with van der Waals surface area (Å²) in [7, 11) is 1.75. The molecule has 1 saturated heterocycles. The lowest BCUT2D eigenvalue weighted by molar-refractivity contribution is -0.141. The number of hydrogen-bond donors (Lipinski definition) is 0. The molecule has 0 spiro atoms. The highest BCUT2D eigenvalue weighted by molar-refractivity contribution is 6.31. The maximum Gasteiger partial charge on any atom is 0.261 e. The second-order valence-corrected chi connectivity index (χ2v) is 8.69. The summed E-state index contributed by atoms with van der Waals surface area (Å²) in [6.07, 6.45) is 0. The van der Waals surface area contributed by atoms with Crippen LogP contribution in [-0.4, -0.2) is 51.4 Å². The quantitative estimate of drug-likeness (QED) is 0.791. The maximum atomic E-state index is 12.7. The molecule has 1 atom stereocenters. The van der Waals surface area contributed by atoms with Gasteiger partial charge in [-0.15, -0.1) is 0 Å². The first-order valence-corrected chi connectivity index (χ1v) is 9.67. The molecule has 146 valence electrons. The van der Waals surface area contributed by atoms with Crippen molar-refractivity contribution in [1.29, 1.82) is 0 Å². The SMILES string of the molecule is CC(c1nc2ccc(Cl)cc2c(=O)n1C)N1CCN(C(=O)C(C)(C)C)CC1. The number of nitrogens with zero attached hydrogens (tertiary/aromatic N) is 4. The van der Waals surface area contributed by atoms with Crippen molar-refractivity contribution in [3.63, 3.8) is 0 Å². The van der Waals surface area contributed by atoms with Crippen LogP contribution in [0.1, 0.15) is 39.6 Å². The third kappa shape index (κ3) is 3.87. The Morgan fingerprint density at radius 2 is 1.81 bits per heavy atom. The first kappa shape index (κ1) is 19.8. The lowest BCUT2D eigenvalue weighted by Crippen LogP contribution is -2.52. The number of rotatable bonds is 2. The van der Waals surface area contributed by atoms with Crippen LogP contribution in [0.4, 0.5) is 0 Å². The number of benzene rings is 1. The van der Waals surface area contributed by atoms with Crippen LogP contribution >= 0.6 is 11.6 Å². The molecule has 7 heteroatoms. The zero-order valence-electron chi connectivity index (χ0n) is 16.6. The van der Waals surface area contributed by atoms with Gasteiger partial charge in [0.25, 0.3) is 5.56 Å². The summed E-state index contributed by atoms with van der Waals surface area (Å²) in [4.78, 5) is 34.1. The molecule has 1 aromatic heterocycles. The summed E-state index contributed by atoms with van der Waals surface area (Å²) in [5.74, 6) is 0.910. The minimum absolute atomic E-state index is 0.0188. The van der Waals surface area contributed by atoms with Crippen molar-refractivity contribution in [2.45, 2.75) is 33.7 Å². The van der Waals surface area contributed by atoms with Crippen molar-refractivity contribution in [1.82, 2.24) is 19.4 Å². The van der Waals surface area contributed by atoms with E-state index in [1.54, 1.807) is 29.8 Å². The molecular formula is C20H27ClN4O2. The van der Waals surface area contributed by atoms with Gasteiger partial charge in [0.1, 0.15) is 5.82 Å². The molecule has 1 aromatic carbocycles. The fraction of sp³-hybridized carbons (Fsp3) is 0.550. The fourth-order valence-corrected chi connectivity index (χ4v) is 3.76. The van der Waals surface area contributed by atoms with Crippen LogP contribution in [0.15, 0.2) is 23.0 Å². The second-order valence-electron chi connectivity index (χ2n) is 8.25. The van der Waals surface area contributed by atoms with E-state index >= 15 is 0 Å². The van der Waals surface area contributed by atoms with Gasteiger partial charge in [-0.2, -0.15) is 0 Å². The van der Waals surface area contributed by atoms with Crippen LogP contribution < -0.4 is 5.56 Å². The van der Waals surface area contributed by atoms with Crippen LogP contribution in [0.2, 0.25) is 5.02 Å². The molecule has 0 radical (unpaired) electrons. The standard InChI is InChI=1S/C20H27ClN4O2/c1-13(24-8-10-25(11-9-24)19(27)20(2,3)4)17-22-16-7-6-14(21)12-15(16)18(26)23(17)5/h6-7,12-13H,8-11H2,1-5H3. The van der Waals surface area contributed by atoms with E-state index in [1.165, 1.54) is 0 Å². The number of carbonyl (C=O) groups excluding carboxylic acids is 1. The van der Waals surface area contributed by atoms with Gasteiger partial charge in [-0.25, -0.2) is 4.98 Å². The number of aromatic nitrogens is 2. The minimum Gasteiger partial charge on any atom is -0.340 e. The molecule has 0 N–H and O–H groups in total. The summed E-state index contributed by atoms with van der Waals surface area (Å²) in [5, 5.41) is 1.06. The van der Waals surface area contributed by atoms with Crippen molar-refractivity contribution in [3.05, 3.63) is 39.4 Å². The molecule has 1 aliphatic rings. The first-order valence-electron chi connectivity index (χ1n) is 9.29. The summed E-state index contributed by atoms with van der Waals surface area (Å²) in [6, 6.07) is 5.18. The van der Waals surface area contributed by atoms with E-state index in [-0.39, 0.29) is 22.9 Å². The molecule has 0 saturated carbocycles. The highest BCUT2D eigenvalue weighted by atomic mass is 35.5. The second kappa shape index (κ2) is 7.24. The lowest BCUT2D eigenvalue weighted by atomic mass is 9.94. The van der Waals surface area contributed by atoms with Gasteiger partial charge < -0.3 is 4.90 Å². The van der Waals surface area contributed by atoms with Crippen LogP contribution in [0.3, 0.4) is 0 Å². The zero-order chi connectivity index (χ0) is 19.9. The van der Waals surface area contributed by atoms with Gasteiger partial charge in [0.15, 0.2) is 0 Å². The monoisotopic (exact) mass is 390 g/mol. The summed E-state index contributed by atoms with van der Waals surface area (Å²) in [5.41, 5.74) is 0.204. The number of halogens is 1. The molecular weight excluding hydrogens is 364 g/mol. The molecule has 3 rings (SSSR count). The third-order valence-electron chi connectivity index (χ3n) is 5.24. The Morgan fingerprint density at radius 3 is 2.41 bits per heavy atom. The Labute approximate surface area is 164 Å². The number of hydrogen-bond acceptors (Lipinski definition) is 4. The summed E-state index contributed by atoms with van der Waals surface area (Å²) in [6.45, 7) is 10.8. The summed E-state index contributed by atoms with van der Waals surface area (Å²) < 4.78 is 1.61. The molecule has 0 bridgehead atoms. The molecule has 1 fully saturated rings. The zero-order valence-corrected chi connectivity index (χ0v) is 17.4. The smallest absolute Gasteiger partial charge is 0.261 e. The van der Waals surface area contributed by atoms with E-state index in [0.29, 0.717) is 29.0 Å². The number of piperazine rings is 1. The van der Waals surface area contributed by atoms with Gasteiger partial charge in [-0.05, 0) is 25.1 Å². The number of carbonyl (C=O) groups is 1. The minimum atomic E-state index is -0.362. The van der Waals surface area contributed by atoms with E-state index in [2.05, 4.69) is 11.8 Å². The van der Waals surface area contributed by atoms with Gasteiger partial charge in [0, 0.05) is 43.7 Å². The third-order valence-corrected chi connectivity index (χ3v) is 5.47. The highest BCUT2D eigenvalue weighted by Gasteiger charge is 2.31. The Kier molecular flexibility index (Phi) is 5.32. The van der Waals surface area contributed by atoms with E-state index in [9.17, 15) is 9.59 Å². The fourth-order valence-electron chi connectivity index (χ4n) is 3.58. The number of fused-ring (bicyclic) bond motifs is 1. The molecule has 1 aliphatic heterocycles. The average molecular weight is 391 g/mol. The largest absolute Gasteiger partial charge is 0.340 e. The number of amides is 1. The van der Waals surface area contributed by atoms with Gasteiger partial charge in [0.2, 0.25) is 5.91 Å². The summed E-state index contributed by atoms with van der Waals surface area (Å²) >= 11 is 6.02. The Balaban J connectivity index is 1.82. The van der Waals surface area contributed by atoms with Gasteiger partial charge in [-0.3, -0.25) is 19.1 Å². The predicted molar refractivity (Wildman–Crippen MR) is 108 cm³/mol. The Morgan fingerprint density at radius 1 is 1.19 bits per heavy atom. The molecule has 2 aromatic rings. The van der Waals surface area contributed by atoms with Crippen LogP contribution in [0.25, 0.3) is 10.9 Å². The van der Waals surface area contributed by atoms with E-state index in [0.717, 1.165) is 18.9 Å². The predicted octanol–water partition coefficient (Wildman–Crippen LogP) is 2.84. The van der Waals surface area contributed by atoms with E-state index < -0.39 is 0 Å². The van der Waals surface area contributed by atoms with Crippen molar-refractivity contribution < 1.29 is 4.79 Å². The van der Waals surface area contributed by atoms with Crippen LogP contribution in [0.5, 0.6) is 0 Å². The van der Waals surface area contributed by atoms with E-state index in [1.807, 2.05) is 25.7 Å². The topological polar surface area (TPSA) is 58.4 Å². The highest BCUT2D eigenvalue weighted by Crippen LogP contribution is 2.24. The van der Waals surface area contributed by atoms with Gasteiger partial charge >= 0.3 is 0 Å². The Hall–Kier alpha value is -1.92. The molecule has 0 aliphatic carbocycles. The van der Waals surface area contributed by atoms with Gasteiger partial charge in [-0.1, -0.05) is 32.4 Å². The van der Waals surface area contributed by atoms with Crippen LogP contribution in [-0.2, 0) is 11.8 Å².